The van der Waals surface area contributed by atoms with Crippen molar-refractivity contribution in [1.29, 1.82) is 0 Å². The second-order valence-electron chi connectivity index (χ2n) is 6.10. The summed E-state index contributed by atoms with van der Waals surface area (Å²) in [6.45, 7) is 6.50. The smallest absolute Gasteiger partial charge is 0.0411 e. The molecule has 1 saturated carbocycles. The van der Waals surface area contributed by atoms with E-state index < -0.39 is 0 Å². The van der Waals surface area contributed by atoms with Gasteiger partial charge in [-0.05, 0) is 49.8 Å². The SMILES string of the molecule is CCNCc1ccccc1N(C)C1CCC(CC)CC1. The first-order valence-electron chi connectivity index (χ1n) is 8.27. The Kier molecular flexibility index (Phi) is 5.90. The maximum Gasteiger partial charge on any atom is 0.0411 e. The molecule has 1 aromatic rings. The third-order valence-electron chi connectivity index (χ3n) is 4.88. The van der Waals surface area contributed by atoms with Gasteiger partial charge in [-0.15, -0.1) is 0 Å². The molecule has 0 unspecified atom stereocenters. The highest BCUT2D eigenvalue weighted by molar-refractivity contribution is 5.53. The number of hydrogen-bond donors (Lipinski definition) is 1. The minimum absolute atomic E-state index is 0.723. The normalized spacial score (nSPS) is 22.8. The summed E-state index contributed by atoms with van der Waals surface area (Å²) in [5.41, 5.74) is 2.84. The third-order valence-corrected chi connectivity index (χ3v) is 4.88. The van der Waals surface area contributed by atoms with Gasteiger partial charge < -0.3 is 10.2 Å². The molecule has 1 aliphatic rings. The van der Waals surface area contributed by atoms with E-state index in [1.54, 1.807) is 0 Å². The van der Waals surface area contributed by atoms with Crippen LogP contribution >= 0.6 is 0 Å². The van der Waals surface area contributed by atoms with E-state index in [-0.39, 0.29) is 0 Å². The Morgan fingerprint density at radius 1 is 1.10 bits per heavy atom. The average Bonchev–Trinajstić information content (AvgIpc) is 2.52. The van der Waals surface area contributed by atoms with Crippen LogP contribution in [0.5, 0.6) is 0 Å². The van der Waals surface area contributed by atoms with Gasteiger partial charge in [-0.3, -0.25) is 0 Å². The van der Waals surface area contributed by atoms with Gasteiger partial charge >= 0.3 is 0 Å². The van der Waals surface area contributed by atoms with E-state index in [1.165, 1.54) is 43.4 Å². The summed E-state index contributed by atoms with van der Waals surface area (Å²) in [5, 5.41) is 3.45. The topological polar surface area (TPSA) is 15.3 Å². The van der Waals surface area contributed by atoms with Crippen molar-refractivity contribution in [2.24, 2.45) is 5.92 Å². The molecule has 1 aliphatic carbocycles. The van der Waals surface area contributed by atoms with Crippen LogP contribution in [0.3, 0.4) is 0 Å². The predicted molar refractivity (Wildman–Crippen MR) is 88.3 cm³/mol. The molecule has 2 nitrogen and oxygen atoms in total. The number of nitrogens with one attached hydrogen (secondary N) is 1. The number of anilines is 1. The molecule has 2 rings (SSSR count). The molecule has 0 amide bonds. The van der Waals surface area contributed by atoms with Crippen LogP contribution in [0, 0.1) is 5.92 Å². The van der Waals surface area contributed by atoms with Crippen LogP contribution in [0.4, 0.5) is 5.69 Å². The lowest BCUT2D eigenvalue weighted by Gasteiger charge is -2.36. The van der Waals surface area contributed by atoms with E-state index in [0.717, 1.165) is 25.0 Å². The van der Waals surface area contributed by atoms with Crippen LogP contribution in [0.2, 0.25) is 0 Å². The van der Waals surface area contributed by atoms with Crippen LogP contribution in [-0.2, 0) is 6.54 Å². The minimum Gasteiger partial charge on any atom is -0.371 e. The molecule has 0 atom stereocenters. The molecule has 0 aromatic heterocycles. The van der Waals surface area contributed by atoms with Gasteiger partial charge in [-0.1, -0.05) is 38.5 Å². The number of rotatable bonds is 6. The average molecular weight is 274 g/mol. The maximum absolute atomic E-state index is 3.45. The van der Waals surface area contributed by atoms with Crippen LogP contribution < -0.4 is 10.2 Å². The molecular weight excluding hydrogens is 244 g/mol. The Labute approximate surface area is 124 Å². The molecule has 112 valence electrons. The number of hydrogen-bond acceptors (Lipinski definition) is 2. The molecule has 20 heavy (non-hydrogen) atoms. The van der Waals surface area contributed by atoms with E-state index in [0.29, 0.717) is 0 Å². The lowest BCUT2D eigenvalue weighted by atomic mass is 9.84. The fourth-order valence-electron chi connectivity index (χ4n) is 3.40. The number of benzene rings is 1. The summed E-state index contributed by atoms with van der Waals surface area (Å²) in [4.78, 5) is 2.53. The highest BCUT2D eigenvalue weighted by Gasteiger charge is 2.24. The van der Waals surface area contributed by atoms with Crippen molar-refractivity contribution in [2.75, 3.05) is 18.5 Å². The molecule has 0 radical (unpaired) electrons. The Morgan fingerprint density at radius 2 is 1.80 bits per heavy atom. The van der Waals surface area contributed by atoms with Crippen molar-refractivity contribution in [3.05, 3.63) is 29.8 Å². The van der Waals surface area contributed by atoms with E-state index in [9.17, 15) is 0 Å². The third kappa shape index (κ3) is 3.76. The molecular formula is C18H30N2. The van der Waals surface area contributed by atoms with Gasteiger partial charge in [0.2, 0.25) is 0 Å². The fraction of sp³-hybridized carbons (Fsp3) is 0.667. The Morgan fingerprint density at radius 3 is 2.45 bits per heavy atom. The van der Waals surface area contributed by atoms with Crippen LogP contribution in [0.15, 0.2) is 24.3 Å². The first-order valence-corrected chi connectivity index (χ1v) is 8.27. The zero-order chi connectivity index (χ0) is 14.4. The van der Waals surface area contributed by atoms with E-state index in [2.05, 4.69) is 55.4 Å². The Bertz CT molecular complexity index is 394. The summed E-state index contributed by atoms with van der Waals surface area (Å²) in [5.74, 6) is 0.969. The van der Waals surface area contributed by atoms with Gasteiger partial charge in [0, 0.05) is 25.3 Å². The minimum atomic E-state index is 0.723. The first-order chi connectivity index (χ1) is 9.76. The van der Waals surface area contributed by atoms with Crippen molar-refractivity contribution in [1.82, 2.24) is 5.32 Å². The molecule has 0 bridgehead atoms. The second-order valence-corrected chi connectivity index (χ2v) is 6.10. The van der Waals surface area contributed by atoms with E-state index in [1.807, 2.05) is 0 Å². The summed E-state index contributed by atoms with van der Waals surface area (Å²) >= 11 is 0. The highest BCUT2D eigenvalue weighted by Crippen LogP contribution is 2.32. The van der Waals surface area contributed by atoms with Crippen LogP contribution in [-0.4, -0.2) is 19.6 Å². The molecule has 1 N–H and O–H groups in total. The van der Waals surface area contributed by atoms with Crippen LogP contribution in [0.25, 0.3) is 0 Å². The zero-order valence-electron chi connectivity index (χ0n) is 13.4. The number of para-hydroxylation sites is 1. The largest absolute Gasteiger partial charge is 0.371 e. The monoisotopic (exact) mass is 274 g/mol. The van der Waals surface area contributed by atoms with Gasteiger partial charge in [0.1, 0.15) is 0 Å². The maximum atomic E-state index is 3.45. The summed E-state index contributed by atoms with van der Waals surface area (Å²) in [7, 11) is 2.28. The highest BCUT2D eigenvalue weighted by atomic mass is 15.1. The van der Waals surface area contributed by atoms with E-state index in [4.69, 9.17) is 0 Å². The zero-order valence-corrected chi connectivity index (χ0v) is 13.4. The van der Waals surface area contributed by atoms with Gasteiger partial charge in [-0.25, -0.2) is 0 Å². The molecule has 0 saturated heterocycles. The van der Waals surface area contributed by atoms with Crippen LogP contribution in [0.1, 0.15) is 51.5 Å². The van der Waals surface area contributed by atoms with Crippen molar-refractivity contribution in [3.63, 3.8) is 0 Å². The van der Waals surface area contributed by atoms with Gasteiger partial charge in [0.25, 0.3) is 0 Å². The molecule has 0 aliphatic heterocycles. The van der Waals surface area contributed by atoms with Gasteiger partial charge in [0.15, 0.2) is 0 Å². The lowest BCUT2D eigenvalue weighted by molar-refractivity contribution is 0.313. The second kappa shape index (κ2) is 7.68. The van der Waals surface area contributed by atoms with Gasteiger partial charge in [0.05, 0.1) is 0 Å². The predicted octanol–water partition coefficient (Wildman–Crippen LogP) is 4.20. The molecule has 0 spiro atoms. The standard InChI is InChI=1S/C18H30N2/c1-4-15-10-12-17(13-11-15)20(3)18-9-7-6-8-16(18)14-19-5-2/h6-9,15,17,19H,4-5,10-14H2,1-3H3. The fourth-order valence-corrected chi connectivity index (χ4v) is 3.40. The van der Waals surface area contributed by atoms with Crippen molar-refractivity contribution in [2.45, 2.75) is 58.5 Å². The van der Waals surface area contributed by atoms with Crippen molar-refractivity contribution >= 4 is 5.69 Å². The number of nitrogens with zero attached hydrogens (tertiary/aromatic N) is 1. The van der Waals surface area contributed by atoms with Crippen molar-refractivity contribution < 1.29 is 0 Å². The summed E-state index contributed by atoms with van der Waals surface area (Å²) in [6.07, 6.45) is 6.87. The van der Waals surface area contributed by atoms with E-state index >= 15 is 0 Å². The summed E-state index contributed by atoms with van der Waals surface area (Å²) < 4.78 is 0. The Hall–Kier alpha value is -1.02. The molecule has 1 aromatic carbocycles. The molecule has 1 fully saturated rings. The molecule has 2 heteroatoms. The van der Waals surface area contributed by atoms with Gasteiger partial charge in [-0.2, -0.15) is 0 Å². The van der Waals surface area contributed by atoms with Crippen molar-refractivity contribution in [3.8, 4) is 0 Å². The quantitative estimate of drug-likeness (QED) is 0.836. The Balaban J connectivity index is 2.03. The summed E-state index contributed by atoms with van der Waals surface area (Å²) in [6, 6.07) is 9.57. The first kappa shape index (κ1) is 15.4. The molecule has 0 heterocycles. The lowest BCUT2D eigenvalue weighted by Crippen LogP contribution is -2.36.